The predicted molar refractivity (Wildman–Crippen MR) is 103 cm³/mol. The molecular weight excluding hydrogens is 314 g/mol. The molecule has 7 heteroatoms. The van der Waals surface area contributed by atoms with Crippen molar-refractivity contribution in [3.63, 3.8) is 0 Å². The summed E-state index contributed by atoms with van der Waals surface area (Å²) in [6.07, 6.45) is 3.70. The smallest absolute Gasteiger partial charge is 0.191 e. The van der Waals surface area contributed by atoms with Gasteiger partial charge >= 0.3 is 0 Å². The van der Waals surface area contributed by atoms with Crippen molar-refractivity contribution in [3.05, 3.63) is 42.5 Å². The number of aryl methyl sites for hydroxylation is 1. The number of hydrogen-bond donors (Lipinski definition) is 2. The minimum absolute atomic E-state index is 0.786. The number of nitrogens with zero attached hydrogens (tertiary/aromatic N) is 5. The Morgan fingerprint density at radius 2 is 1.96 bits per heavy atom. The summed E-state index contributed by atoms with van der Waals surface area (Å²) in [4.78, 5) is 6.52. The molecule has 0 amide bonds. The number of nitrogens with one attached hydrogen (secondary N) is 2. The van der Waals surface area contributed by atoms with E-state index in [9.17, 15) is 0 Å². The average Bonchev–Trinajstić information content (AvgIpc) is 3.11. The minimum Gasteiger partial charge on any atom is -0.375 e. The van der Waals surface area contributed by atoms with Crippen molar-refractivity contribution >= 4 is 11.6 Å². The van der Waals surface area contributed by atoms with Gasteiger partial charge in [-0.05, 0) is 18.6 Å². The Bertz CT molecular complexity index is 636. The first-order chi connectivity index (χ1) is 12.2. The predicted octanol–water partition coefficient (Wildman–Crippen LogP) is 1.53. The van der Waals surface area contributed by atoms with Crippen molar-refractivity contribution in [2.45, 2.75) is 26.3 Å². The van der Waals surface area contributed by atoms with Gasteiger partial charge in [-0.2, -0.15) is 0 Å². The van der Waals surface area contributed by atoms with Gasteiger partial charge in [0.2, 0.25) is 0 Å². The Hall–Kier alpha value is -2.57. The van der Waals surface area contributed by atoms with Gasteiger partial charge in [0, 0.05) is 52.4 Å². The average molecular weight is 343 g/mol. The lowest BCUT2D eigenvalue weighted by atomic mass is 10.3. The van der Waals surface area contributed by atoms with Crippen LogP contribution in [0.25, 0.3) is 0 Å². The molecule has 136 valence electrons. The quantitative estimate of drug-likeness (QED) is 0.410. The van der Waals surface area contributed by atoms with Crippen LogP contribution in [0.3, 0.4) is 0 Å². The molecule has 2 aromatic rings. The highest BCUT2D eigenvalue weighted by Crippen LogP contribution is 2.10. The van der Waals surface area contributed by atoms with Gasteiger partial charge in [-0.3, -0.25) is 4.99 Å². The summed E-state index contributed by atoms with van der Waals surface area (Å²) in [5.41, 5.74) is 1.24. The van der Waals surface area contributed by atoms with Crippen molar-refractivity contribution in [2.75, 3.05) is 38.6 Å². The number of aliphatic imine (C=N–C) groups is 1. The first kappa shape index (κ1) is 18.8. The van der Waals surface area contributed by atoms with Crippen molar-refractivity contribution in [2.24, 2.45) is 4.99 Å². The van der Waals surface area contributed by atoms with E-state index in [1.807, 2.05) is 6.07 Å². The Balaban J connectivity index is 1.63. The summed E-state index contributed by atoms with van der Waals surface area (Å²) >= 11 is 0. The topological polar surface area (TPSA) is 70.4 Å². The molecule has 7 nitrogen and oxygen atoms in total. The number of aromatic nitrogens is 3. The van der Waals surface area contributed by atoms with Gasteiger partial charge in [0.15, 0.2) is 5.96 Å². The zero-order valence-electron chi connectivity index (χ0n) is 15.4. The maximum absolute atomic E-state index is 4.26. The van der Waals surface area contributed by atoms with Crippen molar-refractivity contribution < 1.29 is 0 Å². The lowest BCUT2D eigenvalue weighted by Crippen LogP contribution is -2.40. The van der Waals surface area contributed by atoms with Crippen LogP contribution in [0.5, 0.6) is 0 Å². The molecule has 0 spiro atoms. The van der Waals surface area contributed by atoms with Gasteiger partial charge in [-0.1, -0.05) is 25.1 Å². The van der Waals surface area contributed by atoms with Gasteiger partial charge in [0.05, 0.1) is 0 Å². The molecule has 0 aliphatic rings. The third kappa shape index (κ3) is 6.10. The Kier molecular flexibility index (Phi) is 7.75. The SMILES string of the molecule is CCc1nncn1CCNC(=NC)NCCCN(C)c1ccccc1. The van der Waals surface area contributed by atoms with E-state index in [-0.39, 0.29) is 0 Å². The molecule has 1 heterocycles. The summed E-state index contributed by atoms with van der Waals surface area (Å²) in [7, 11) is 3.91. The molecule has 0 saturated carbocycles. The summed E-state index contributed by atoms with van der Waals surface area (Å²) < 4.78 is 2.06. The zero-order chi connectivity index (χ0) is 17.9. The number of para-hydroxylation sites is 1. The van der Waals surface area contributed by atoms with Crippen LogP contribution in [0.15, 0.2) is 41.7 Å². The lowest BCUT2D eigenvalue weighted by Gasteiger charge is -2.19. The molecule has 0 unspecified atom stereocenters. The number of benzene rings is 1. The van der Waals surface area contributed by atoms with Gasteiger partial charge < -0.3 is 20.1 Å². The first-order valence-corrected chi connectivity index (χ1v) is 8.82. The van der Waals surface area contributed by atoms with E-state index in [1.54, 1.807) is 13.4 Å². The highest BCUT2D eigenvalue weighted by atomic mass is 15.3. The lowest BCUT2D eigenvalue weighted by molar-refractivity contribution is 0.630. The Labute approximate surface area is 150 Å². The van der Waals surface area contributed by atoms with Crippen LogP contribution in [0, 0.1) is 0 Å². The maximum Gasteiger partial charge on any atom is 0.191 e. The Morgan fingerprint density at radius 1 is 1.20 bits per heavy atom. The van der Waals surface area contributed by atoms with Crippen LogP contribution in [0.1, 0.15) is 19.2 Å². The molecule has 2 rings (SSSR count). The number of rotatable bonds is 9. The van der Waals surface area contributed by atoms with Gasteiger partial charge in [0.1, 0.15) is 12.2 Å². The fraction of sp³-hybridized carbons (Fsp3) is 0.500. The number of guanidine groups is 1. The monoisotopic (exact) mass is 343 g/mol. The van der Waals surface area contributed by atoms with Gasteiger partial charge in [-0.15, -0.1) is 10.2 Å². The second-order valence-electron chi connectivity index (χ2n) is 5.83. The van der Waals surface area contributed by atoms with Gasteiger partial charge in [0.25, 0.3) is 0 Å². The molecular formula is C18H29N7. The molecule has 25 heavy (non-hydrogen) atoms. The molecule has 1 aromatic heterocycles. The molecule has 1 aromatic carbocycles. The van der Waals surface area contributed by atoms with Crippen molar-refractivity contribution in [1.82, 2.24) is 25.4 Å². The van der Waals surface area contributed by atoms with Crippen LogP contribution in [0.4, 0.5) is 5.69 Å². The van der Waals surface area contributed by atoms with Crippen molar-refractivity contribution in [3.8, 4) is 0 Å². The van der Waals surface area contributed by atoms with Crippen LogP contribution < -0.4 is 15.5 Å². The second-order valence-corrected chi connectivity index (χ2v) is 5.83. The van der Waals surface area contributed by atoms with E-state index in [0.29, 0.717) is 0 Å². The highest BCUT2D eigenvalue weighted by molar-refractivity contribution is 5.79. The summed E-state index contributed by atoms with van der Waals surface area (Å²) in [6, 6.07) is 10.4. The summed E-state index contributed by atoms with van der Waals surface area (Å²) in [5.74, 6) is 1.84. The molecule has 0 fully saturated rings. The van der Waals surface area contributed by atoms with Gasteiger partial charge in [-0.25, -0.2) is 0 Å². The third-order valence-corrected chi connectivity index (χ3v) is 4.04. The maximum atomic E-state index is 4.26. The molecule has 0 aliphatic heterocycles. The zero-order valence-corrected chi connectivity index (χ0v) is 15.4. The first-order valence-electron chi connectivity index (χ1n) is 8.82. The molecule has 0 saturated heterocycles. The largest absolute Gasteiger partial charge is 0.375 e. The van der Waals surface area contributed by atoms with E-state index < -0.39 is 0 Å². The third-order valence-electron chi connectivity index (χ3n) is 4.04. The van der Waals surface area contributed by atoms with E-state index in [2.05, 4.69) is 73.5 Å². The Morgan fingerprint density at radius 3 is 2.68 bits per heavy atom. The number of hydrogen-bond acceptors (Lipinski definition) is 4. The fourth-order valence-electron chi connectivity index (χ4n) is 2.59. The fourth-order valence-corrected chi connectivity index (χ4v) is 2.59. The second kappa shape index (κ2) is 10.3. The van der Waals surface area contributed by atoms with E-state index in [1.165, 1.54) is 5.69 Å². The van der Waals surface area contributed by atoms with Crippen LogP contribution >= 0.6 is 0 Å². The van der Waals surface area contributed by atoms with Crippen molar-refractivity contribution in [1.29, 1.82) is 0 Å². The molecule has 0 aliphatic carbocycles. The number of anilines is 1. The molecule has 0 atom stereocenters. The minimum atomic E-state index is 0.786. The normalized spacial score (nSPS) is 11.4. The van der Waals surface area contributed by atoms with Crippen LogP contribution in [-0.2, 0) is 13.0 Å². The standard InChI is InChI=1S/C18H29N7/c1-4-17-23-22-15-25(17)14-12-21-18(19-2)20-11-8-13-24(3)16-9-6-5-7-10-16/h5-7,9-10,15H,4,8,11-14H2,1-3H3,(H2,19,20,21). The van der Waals surface area contributed by atoms with E-state index >= 15 is 0 Å². The van der Waals surface area contributed by atoms with E-state index in [4.69, 9.17) is 0 Å². The molecule has 2 N–H and O–H groups in total. The van der Waals surface area contributed by atoms with E-state index in [0.717, 1.165) is 50.8 Å². The van der Waals surface area contributed by atoms with Crippen LogP contribution in [0.2, 0.25) is 0 Å². The van der Waals surface area contributed by atoms with Crippen LogP contribution in [-0.4, -0.2) is 54.5 Å². The highest BCUT2D eigenvalue weighted by Gasteiger charge is 2.03. The summed E-state index contributed by atoms with van der Waals surface area (Å²) in [6.45, 7) is 5.57. The summed E-state index contributed by atoms with van der Waals surface area (Å²) in [5, 5.41) is 14.7. The molecule has 0 bridgehead atoms. The molecule has 0 radical (unpaired) electrons.